The normalized spacial score (nSPS) is 39.1. The molecular weight excluding hydrogens is 244 g/mol. The van der Waals surface area contributed by atoms with Crippen LogP contribution in [0.5, 0.6) is 0 Å². The zero-order chi connectivity index (χ0) is 14.4. The first-order valence-electron chi connectivity index (χ1n) is 7.06. The van der Waals surface area contributed by atoms with Gasteiger partial charge >= 0.3 is 0 Å². The van der Waals surface area contributed by atoms with Gasteiger partial charge in [-0.05, 0) is 26.2 Å². The number of likely N-dealkylation sites (tertiary alicyclic amines) is 1. The molecule has 0 aromatic rings. The third kappa shape index (κ3) is 2.09. The first kappa shape index (κ1) is 14.5. The summed E-state index contributed by atoms with van der Waals surface area (Å²) in [5, 5.41) is 0. The Kier molecular flexibility index (Phi) is 3.71. The Balaban J connectivity index is 2.21. The van der Waals surface area contributed by atoms with Gasteiger partial charge < -0.3 is 10.5 Å². The van der Waals surface area contributed by atoms with Crippen LogP contribution in [-0.2, 0) is 14.3 Å². The van der Waals surface area contributed by atoms with Crippen LogP contribution in [0.25, 0.3) is 0 Å². The highest BCUT2D eigenvalue weighted by Gasteiger charge is 2.57. The van der Waals surface area contributed by atoms with Gasteiger partial charge in [0, 0.05) is 19.1 Å². The molecule has 2 aliphatic rings. The van der Waals surface area contributed by atoms with E-state index in [9.17, 15) is 9.59 Å². The lowest BCUT2D eigenvalue weighted by molar-refractivity contribution is -0.156. The Morgan fingerprint density at radius 3 is 2.53 bits per heavy atom. The average molecular weight is 268 g/mol. The fourth-order valence-corrected chi connectivity index (χ4v) is 2.98. The van der Waals surface area contributed by atoms with E-state index in [1.165, 1.54) is 4.90 Å². The average Bonchev–Trinajstić information content (AvgIpc) is 2.54. The van der Waals surface area contributed by atoms with E-state index in [1.54, 1.807) is 0 Å². The lowest BCUT2D eigenvalue weighted by atomic mass is 9.77. The number of hydrogen-bond donors (Lipinski definition) is 1. The zero-order valence-corrected chi connectivity index (χ0v) is 12.2. The van der Waals surface area contributed by atoms with Crippen LogP contribution < -0.4 is 5.73 Å². The van der Waals surface area contributed by atoms with E-state index < -0.39 is 5.41 Å². The van der Waals surface area contributed by atoms with Crippen molar-refractivity contribution < 1.29 is 14.3 Å². The number of amides is 2. The van der Waals surface area contributed by atoms with Crippen molar-refractivity contribution in [3.63, 3.8) is 0 Å². The third-order valence-corrected chi connectivity index (χ3v) is 4.77. The van der Waals surface area contributed by atoms with Gasteiger partial charge in [0.15, 0.2) is 0 Å². The van der Waals surface area contributed by atoms with E-state index in [4.69, 9.17) is 10.5 Å². The molecule has 5 heteroatoms. The van der Waals surface area contributed by atoms with Crippen LogP contribution in [0.3, 0.4) is 0 Å². The number of nitrogens with two attached hydrogens (primary N) is 1. The van der Waals surface area contributed by atoms with Crippen LogP contribution >= 0.6 is 0 Å². The van der Waals surface area contributed by atoms with Crippen LogP contribution in [0.15, 0.2) is 0 Å². The van der Waals surface area contributed by atoms with Crippen molar-refractivity contribution >= 4 is 11.8 Å². The second kappa shape index (κ2) is 4.87. The van der Waals surface area contributed by atoms with Crippen molar-refractivity contribution in [2.75, 3.05) is 6.61 Å². The molecule has 4 unspecified atom stereocenters. The monoisotopic (exact) mass is 268 g/mol. The van der Waals surface area contributed by atoms with Gasteiger partial charge in [-0.1, -0.05) is 13.8 Å². The topological polar surface area (TPSA) is 72.6 Å². The Morgan fingerprint density at radius 1 is 1.47 bits per heavy atom. The number of nitrogens with zero attached hydrogens (tertiary/aromatic N) is 1. The molecule has 0 bridgehead atoms. The smallest absolute Gasteiger partial charge is 0.236 e. The molecule has 0 spiro atoms. The largest absolute Gasteiger partial charge is 0.376 e. The Labute approximate surface area is 114 Å². The fourth-order valence-electron chi connectivity index (χ4n) is 2.98. The number of imide groups is 1. The van der Waals surface area contributed by atoms with Crippen LogP contribution in [0.4, 0.5) is 0 Å². The van der Waals surface area contributed by atoms with E-state index in [1.807, 2.05) is 27.7 Å². The van der Waals surface area contributed by atoms with Gasteiger partial charge in [-0.25, -0.2) is 0 Å². The summed E-state index contributed by atoms with van der Waals surface area (Å²) >= 11 is 0. The van der Waals surface area contributed by atoms with Gasteiger partial charge in [-0.3, -0.25) is 14.5 Å². The molecule has 2 amide bonds. The molecule has 2 rings (SSSR count). The number of rotatable bonds is 4. The molecule has 108 valence electrons. The summed E-state index contributed by atoms with van der Waals surface area (Å²) in [4.78, 5) is 26.2. The fraction of sp³-hybridized carbons (Fsp3) is 0.857. The molecular formula is C14H24N2O3. The number of carbonyl (C=O) groups excluding carboxylic acids is 2. The Bertz CT molecular complexity index is 394. The first-order valence-corrected chi connectivity index (χ1v) is 7.06. The van der Waals surface area contributed by atoms with Crippen molar-refractivity contribution in [3.8, 4) is 0 Å². The van der Waals surface area contributed by atoms with Crippen LogP contribution in [0.2, 0.25) is 0 Å². The molecule has 0 radical (unpaired) electrons. The summed E-state index contributed by atoms with van der Waals surface area (Å²) < 4.78 is 5.57. The molecule has 1 aliphatic heterocycles. The van der Waals surface area contributed by atoms with E-state index in [0.29, 0.717) is 13.0 Å². The minimum Gasteiger partial charge on any atom is -0.376 e. The molecule has 5 nitrogen and oxygen atoms in total. The van der Waals surface area contributed by atoms with Gasteiger partial charge in [0.2, 0.25) is 11.8 Å². The molecule has 19 heavy (non-hydrogen) atoms. The summed E-state index contributed by atoms with van der Waals surface area (Å²) in [5.74, 6) is -0.0563. The van der Waals surface area contributed by atoms with Gasteiger partial charge in [-0.2, -0.15) is 0 Å². The molecule has 1 saturated heterocycles. The second-order valence-corrected chi connectivity index (χ2v) is 6.20. The van der Waals surface area contributed by atoms with E-state index in [2.05, 4.69) is 0 Å². The maximum Gasteiger partial charge on any atom is 0.236 e. The van der Waals surface area contributed by atoms with Crippen LogP contribution in [-0.4, -0.2) is 41.5 Å². The molecule has 2 fully saturated rings. The van der Waals surface area contributed by atoms with E-state index in [-0.39, 0.29) is 42.3 Å². The number of hydrogen-bond acceptors (Lipinski definition) is 4. The quantitative estimate of drug-likeness (QED) is 0.769. The second-order valence-electron chi connectivity index (χ2n) is 6.20. The Morgan fingerprint density at radius 2 is 2.11 bits per heavy atom. The van der Waals surface area contributed by atoms with Crippen molar-refractivity contribution in [3.05, 3.63) is 0 Å². The van der Waals surface area contributed by atoms with Gasteiger partial charge in [0.05, 0.1) is 17.6 Å². The van der Waals surface area contributed by atoms with E-state index >= 15 is 0 Å². The standard InChI is InChI=1S/C14H24N2O3/c1-5-19-10-6-9(15)12(10)16-11(17)7-14(4,8(2)3)13(16)18/h8-10,12H,5-7,15H2,1-4H3. The highest BCUT2D eigenvalue weighted by molar-refractivity contribution is 6.06. The summed E-state index contributed by atoms with van der Waals surface area (Å²) in [7, 11) is 0. The van der Waals surface area contributed by atoms with Crippen molar-refractivity contribution in [1.82, 2.24) is 4.90 Å². The molecule has 0 aromatic heterocycles. The van der Waals surface area contributed by atoms with Gasteiger partial charge in [-0.15, -0.1) is 0 Å². The first-order chi connectivity index (χ1) is 8.82. The van der Waals surface area contributed by atoms with Crippen molar-refractivity contribution in [1.29, 1.82) is 0 Å². The zero-order valence-electron chi connectivity index (χ0n) is 12.2. The van der Waals surface area contributed by atoms with Crippen LogP contribution in [0.1, 0.15) is 40.5 Å². The minimum absolute atomic E-state index is 0.0858. The highest BCUT2D eigenvalue weighted by atomic mass is 16.5. The van der Waals surface area contributed by atoms with Gasteiger partial charge in [0.1, 0.15) is 0 Å². The lowest BCUT2D eigenvalue weighted by Gasteiger charge is -2.46. The van der Waals surface area contributed by atoms with E-state index in [0.717, 1.165) is 0 Å². The Hall–Kier alpha value is -0.940. The minimum atomic E-state index is -0.594. The predicted octanol–water partition coefficient (Wildman–Crippen LogP) is 0.912. The predicted molar refractivity (Wildman–Crippen MR) is 71.2 cm³/mol. The third-order valence-electron chi connectivity index (χ3n) is 4.77. The summed E-state index contributed by atoms with van der Waals surface area (Å²) in [5.41, 5.74) is 5.39. The highest BCUT2D eigenvalue weighted by Crippen LogP contribution is 2.43. The SMILES string of the molecule is CCOC1CC(N)C1N1C(=O)CC(C)(C(C)C)C1=O. The maximum absolute atomic E-state index is 12.6. The summed E-state index contributed by atoms with van der Waals surface area (Å²) in [6, 6.07) is -0.431. The summed E-state index contributed by atoms with van der Waals surface area (Å²) in [6.45, 7) is 8.32. The summed E-state index contributed by atoms with van der Waals surface area (Å²) in [6.07, 6.45) is 0.905. The molecule has 4 atom stereocenters. The van der Waals surface area contributed by atoms with Crippen molar-refractivity contribution in [2.45, 2.75) is 58.7 Å². The van der Waals surface area contributed by atoms with Crippen molar-refractivity contribution in [2.24, 2.45) is 17.1 Å². The van der Waals surface area contributed by atoms with Gasteiger partial charge in [0.25, 0.3) is 0 Å². The lowest BCUT2D eigenvalue weighted by Crippen LogP contribution is -2.66. The number of ether oxygens (including phenoxy) is 1. The maximum atomic E-state index is 12.6. The molecule has 1 aliphatic carbocycles. The molecule has 1 heterocycles. The molecule has 1 saturated carbocycles. The number of carbonyl (C=O) groups is 2. The molecule has 2 N–H and O–H groups in total. The molecule has 0 aromatic carbocycles. The van der Waals surface area contributed by atoms with Crippen LogP contribution in [0, 0.1) is 11.3 Å².